The zero-order valence-electron chi connectivity index (χ0n) is 13.5. The monoisotopic (exact) mass is 324 g/mol. The Hall–Kier alpha value is -1.56. The first-order valence-electron chi connectivity index (χ1n) is 7.55. The summed E-state index contributed by atoms with van der Waals surface area (Å²) in [6.45, 7) is 9.80. The fourth-order valence-electron chi connectivity index (χ4n) is 1.65. The van der Waals surface area contributed by atoms with Crippen LogP contribution in [0.1, 0.15) is 46.5 Å². The molecule has 1 rings (SSSR count). The third-order valence-electron chi connectivity index (χ3n) is 2.76. The number of thioether (sulfide) groups is 1. The van der Waals surface area contributed by atoms with Crippen molar-refractivity contribution in [2.24, 2.45) is 0 Å². The first-order valence-corrected chi connectivity index (χ1v) is 8.43. The Morgan fingerprint density at radius 3 is 2.82 bits per heavy atom. The summed E-state index contributed by atoms with van der Waals surface area (Å²) in [5, 5.41) is 0.731. The Kier molecular flexibility index (Phi) is 8.58. The van der Waals surface area contributed by atoms with Gasteiger partial charge < -0.3 is 9.47 Å². The van der Waals surface area contributed by atoms with E-state index < -0.39 is 0 Å². The summed E-state index contributed by atoms with van der Waals surface area (Å²) < 4.78 is 10.8. The van der Waals surface area contributed by atoms with E-state index in [1.54, 1.807) is 19.2 Å². The molecule has 1 unspecified atom stereocenters. The van der Waals surface area contributed by atoms with Crippen molar-refractivity contribution in [2.45, 2.75) is 56.9 Å². The van der Waals surface area contributed by atoms with Crippen molar-refractivity contribution in [2.75, 3.05) is 6.61 Å². The van der Waals surface area contributed by atoms with Crippen LogP contribution >= 0.6 is 11.8 Å². The van der Waals surface area contributed by atoms with E-state index in [0.29, 0.717) is 18.2 Å². The fourth-order valence-corrected chi connectivity index (χ4v) is 2.61. The van der Waals surface area contributed by atoms with Gasteiger partial charge in [0.1, 0.15) is 5.03 Å². The molecule has 0 bridgehead atoms. The van der Waals surface area contributed by atoms with Gasteiger partial charge in [-0.15, -0.1) is 0 Å². The van der Waals surface area contributed by atoms with Gasteiger partial charge in [-0.05, 0) is 32.8 Å². The normalized spacial score (nSPS) is 11.8. The third kappa shape index (κ3) is 6.93. The molecule has 1 atom stereocenters. The Morgan fingerprint density at radius 2 is 2.18 bits per heavy atom. The number of hydrogen-bond acceptors (Lipinski definition) is 6. The average molecular weight is 324 g/mol. The lowest BCUT2D eigenvalue weighted by Gasteiger charge is -2.17. The Morgan fingerprint density at radius 1 is 1.41 bits per heavy atom. The number of ether oxygens (including phenoxy) is 2. The summed E-state index contributed by atoms with van der Waals surface area (Å²) in [6, 6.07) is 2.13. The molecule has 0 amide bonds. The van der Waals surface area contributed by atoms with E-state index in [1.165, 1.54) is 11.8 Å². The van der Waals surface area contributed by atoms with Gasteiger partial charge in [-0.3, -0.25) is 0 Å². The molecule has 0 aliphatic carbocycles. The number of esters is 1. The van der Waals surface area contributed by atoms with E-state index in [1.807, 2.05) is 6.92 Å². The molecular weight excluding hydrogens is 300 g/mol. The van der Waals surface area contributed by atoms with Crippen LogP contribution in [0.4, 0.5) is 0 Å². The quantitative estimate of drug-likeness (QED) is 0.162. The van der Waals surface area contributed by atoms with Gasteiger partial charge in [-0.25, -0.2) is 9.78 Å². The van der Waals surface area contributed by atoms with Gasteiger partial charge in [0.15, 0.2) is 5.44 Å². The smallest absolute Gasteiger partial charge is 0.334 e. The number of hydrogen-bond donors (Lipinski definition) is 0. The van der Waals surface area contributed by atoms with Gasteiger partial charge in [-0.1, -0.05) is 38.1 Å². The summed E-state index contributed by atoms with van der Waals surface area (Å²) in [6.07, 6.45) is 5.65. The van der Waals surface area contributed by atoms with Gasteiger partial charge in [0.05, 0.1) is 6.61 Å². The van der Waals surface area contributed by atoms with Crippen LogP contribution < -0.4 is 4.74 Å². The maximum atomic E-state index is 11.8. The summed E-state index contributed by atoms with van der Waals surface area (Å²) in [4.78, 5) is 20.1. The van der Waals surface area contributed by atoms with Gasteiger partial charge >= 0.3 is 12.0 Å². The molecule has 0 aromatic carbocycles. The molecule has 0 saturated heterocycles. The van der Waals surface area contributed by atoms with Crippen molar-refractivity contribution < 1.29 is 14.3 Å². The van der Waals surface area contributed by atoms with Crippen molar-refractivity contribution >= 4 is 17.7 Å². The highest BCUT2D eigenvalue weighted by Gasteiger charge is 2.17. The highest BCUT2D eigenvalue weighted by atomic mass is 32.2. The predicted octanol–water partition coefficient (Wildman–Crippen LogP) is 3.99. The van der Waals surface area contributed by atoms with E-state index in [0.717, 1.165) is 30.7 Å². The molecule has 0 aliphatic heterocycles. The second-order valence-electron chi connectivity index (χ2n) is 4.84. The number of rotatable bonds is 10. The van der Waals surface area contributed by atoms with Crippen molar-refractivity contribution in [1.82, 2.24) is 9.97 Å². The number of unbranched alkanes of at least 4 members (excludes halogenated alkanes) is 2. The third-order valence-corrected chi connectivity index (χ3v) is 3.83. The van der Waals surface area contributed by atoms with E-state index in [9.17, 15) is 4.79 Å². The molecular formula is C16H24N2O3S. The standard InChI is InChI=1S/C16H24N2O3S/c1-5-7-8-9-14(21-15(19)12(3)4)22-13-10-11-17-16(18-13)20-6-2/h10-11,14H,3,5-9H2,1-2,4H3. The Labute approximate surface area is 136 Å². The first kappa shape index (κ1) is 18.5. The summed E-state index contributed by atoms with van der Waals surface area (Å²) in [5.41, 5.74) is 0.124. The van der Waals surface area contributed by atoms with Crippen LogP contribution in [0.5, 0.6) is 6.01 Å². The molecule has 0 radical (unpaired) electrons. The molecule has 0 aliphatic rings. The second-order valence-corrected chi connectivity index (χ2v) is 6.02. The van der Waals surface area contributed by atoms with Crippen LogP contribution in [0.3, 0.4) is 0 Å². The zero-order valence-corrected chi connectivity index (χ0v) is 14.3. The molecule has 122 valence electrons. The minimum Gasteiger partial charge on any atom is -0.464 e. The number of aromatic nitrogens is 2. The molecule has 1 aromatic rings. The molecule has 6 heteroatoms. The van der Waals surface area contributed by atoms with E-state index in [4.69, 9.17) is 9.47 Å². The minimum atomic E-state index is -0.368. The van der Waals surface area contributed by atoms with Crippen LogP contribution in [0.2, 0.25) is 0 Å². The molecule has 0 N–H and O–H groups in total. The first-order chi connectivity index (χ1) is 10.6. The minimum absolute atomic E-state index is 0.278. The molecule has 0 fully saturated rings. The highest BCUT2D eigenvalue weighted by Crippen LogP contribution is 2.27. The molecule has 5 nitrogen and oxygen atoms in total. The largest absolute Gasteiger partial charge is 0.464 e. The van der Waals surface area contributed by atoms with Gasteiger partial charge in [0.2, 0.25) is 0 Å². The molecule has 0 spiro atoms. The maximum Gasteiger partial charge on any atom is 0.334 e. The molecule has 22 heavy (non-hydrogen) atoms. The SMILES string of the molecule is C=C(C)C(=O)OC(CCCCC)Sc1ccnc(OCC)n1. The Balaban J connectivity index is 2.71. The fraction of sp³-hybridized carbons (Fsp3) is 0.562. The van der Waals surface area contributed by atoms with Crippen molar-refractivity contribution in [3.8, 4) is 6.01 Å². The van der Waals surface area contributed by atoms with E-state index in [2.05, 4.69) is 23.5 Å². The van der Waals surface area contributed by atoms with Crippen molar-refractivity contribution in [3.05, 3.63) is 24.4 Å². The Bertz CT molecular complexity index is 494. The molecule has 0 saturated carbocycles. The van der Waals surface area contributed by atoms with Crippen LogP contribution in [-0.2, 0) is 9.53 Å². The summed E-state index contributed by atoms with van der Waals surface area (Å²) in [7, 11) is 0. The molecule has 1 aromatic heterocycles. The second kappa shape index (κ2) is 10.2. The van der Waals surface area contributed by atoms with Gasteiger partial charge in [0, 0.05) is 11.8 Å². The lowest BCUT2D eigenvalue weighted by atomic mass is 10.2. The number of carbonyl (C=O) groups is 1. The van der Waals surface area contributed by atoms with Gasteiger partial charge in [0.25, 0.3) is 0 Å². The van der Waals surface area contributed by atoms with Gasteiger partial charge in [-0.2, -0.15) is 4.98 Å². The van der Waals surface area contributed by atoms with Crippen LogP contribution in [0.15, 0.2) is 29.4 Å². The summed E-state index contributed by atoms with van der Waals surface area (Å²) >= 11 is 1.41. The number of nitrogens with zero attached hydrogens (tertiary/aromatic N) is 2. The maximum absolute atomic E-state index is 11.8. The summed E-state index contributed by atoms with van der Waals surface area (Å²) in [5.74, 6) is -0.368. The highest BCUT2D eigenvalue weighted by molar-refractivity contribution is 7.99. The van der Waals surface area contributed by atoms with Crippen LogP contribution in [-0.4, -0.2) is 28.0 Å². The van der Waals surface area contributed by atoms with E-state index in [-0.39, 0.29) is 11.4 Å². The van der Waals surface area contributed by atoms with E-state index >= 15 is 0 Å². The van der Waals surface area contributed by atoms with Crippen LogP contribution in [0.25, 0.3) is 0 Å². The zero-order chi connectivity index (χ0) is 16.4. The lowest BCUT2D eigenvalue weighted by Crippen LogP contribution is -2.15. The predicted molar refractivity (Wildman–Crippen MR) is 87.9 cm³/mol. The lowest BCUT2D eigenvalue weighted by molar-refractivity contribution is -0.140. The van der Waals surface area contributed by atoms with Crippen molar-refractivity contribution in [3.63, 3.8) is 0 Å². The number of carbonyl (C=O) groups excluding carboxylic acids is 1. The average Bonchev–Trinajstić information content (AvgIpc) is 2.48. The van der Waals surface area contributed by atoms with Crippen molar-refractivity contribution in [1.29, 1.82) is 0 Å². The van der Waals surface area contributed by atoms with Crippen LogP contribution in [0, 0.1) is 0 Å². The molecule has 1 heterocycles. The topological polar surface area (TPSA) is 61.3 Å².